The zero-order chi connectivity index (χ0) is 25.2. The van der Waals surface area contributed by atoms with Gasteiger partial charge in [0.2, 0.25) is 5.91 Å². The Morgan fingerprint density at radius 3 is 2.37 bits per heavy atom. The fourth-order valence-electron chi connectivity index (χ4n) is 3.73. The van der Waals surface area contributed by atoms with Crippen LogP contribution in [0.2, 0.25) is 0 Å². The molecule has 0 aliphatic heterocycles. The first-order chi connectivity index (χ1) is 17.0. The number of carbonyl (C=O) groups is 2. The van der Waals surface area contributed by atoms with Crippen LogP contribution in [0.1, 0.15) is 26.4 Å². The van der Waals surface area contributed by atoms with Gasteiger partial charge in [-0.3, -0.25) is 9.59 Å². The molecule has 3 rings (SSSR count). The third-order valence-corrected chi connectivity index (χ3v) is 6.77. The lowest BCUT2D eigenvalue weighted by Crippen LogP contribution is -2.43. The summed E-state index contributed by atoms with van der Waals surface area (Å²) >= 11 is 1.63. The summed E-state index contributed by atoms with van der Waals surface area (Å²) in [6, 6.07) is 16.8. The highest BCUT2D eigenvalue weighted by atomic mass is 32.1. The Kier molecular flexibility index (Phi) is 9.49. The van der Waals surface area contributed by atoms with E-state index < -0.39 is 0 Å². The molecule has 0 fully saturated rings. The van der Waals surface area contributed by atoms with Gasteiger partial charge in [-0.05, 0) is 60.2 Å². The van der Waals surface area contributed by atoms with Crippen LogP contribution in [0.3, 0.4) is 0 Å². The molecule has 0 aliphatic rings. The van der Waals surface area contributed by atoms with Gasteiger partial charge in [-0.15, -0.1) is 17.9 Å². The zero-order valence-corrected chi connectivity index (χ0v) is 21.3. The van der Waals surface area contributed by atoms with Gasteiger partial charge < -0.3 is 19.3 Å². The number of nitrogens with zero attached hydrogens (tertiary/aromatic N) is 2. The molecule has 35 heavy (non-hydrogen) atoms. The van der Waals surface area contributed by atoms with Crippen LogP contribution in [0.25, 0.3) is 0 Å². The lowest BCUT2D eigenvalue weighted by Gasteiger charge is -2.27. The van der Waals surface area contributed by atoms with Gasteiger partial charge in [-0.25, -0.2) is 0 Å². The number of thiophene rings is 1. The maximum atomic E-state index is 13.5. The minimum Gasteiger partial charge on any atom is -0.493 e. The molecule has 0 saturated heterocycles. The zero-order valence-electron chi connectivity index (χ0n) is 20.5. The molecule has 1 heterocycles. The van der Waals surface area contributed by atoms with Crippen LogP contribution < -0.4 is 9.47 Å². The number of rotatable bonds is 12. The summed E-state index contributed by atoms with van der Waals surface area (Å²) < 4.78 is 10.8. The second kappa shape index (κ2) is 12.8. The van der Waals surface area contributed by atoms with Gasteiger partial charge in [0.25, 0.3) is 5.91 Å². The molecule has 0 atom stereocenters. The van der Waals surface area contributed by atoms with Crippen LogP contribution in [-0.4, -0.2) is 55.5 Å². The van der Waals surface area contributed by atoms with Gasteiger partial charge in [-0.1, -0.05) is 30.3 Å². The standard InChI is InChI=1S/C28H32N2O4S/c1-5-15-30(28(32)23-9-7-6-8-10-23)20-27(31)29(19-26-21(2)14-17-35-26)16-13-22-11-12-24(33-3)25(18-22)34-4/h5-12,14,17-18H,1,13,15-16,19-20H2,2-4H3. The Bertz CT molecular complexity index is 1140. The van der Waals surface area contributed by atoms with E-state index in [1.165, 1.54) is 4.90 Å². The molecule has 2 amide bonds. The number of amides is 2. The van der Waals surface area contributed by atoms with Gasteiger partial charge in [0.15, 0.2) is 11.5 Å². The maximum absolute atomic E-state index is 13.5. The van der Waals surface area contributed by atoms with E-state index >= 15 is 0 Å². The largest absolute Gasteiger partial charge is 0.493 e. The summed E-state index contributed by atoms with van der Waals surface area (Å²) in [5.41, 5.74) is 2.74. The van der Waals surface area contributed by atoms with Crippen molar-refractivity contribution >= 4 is 23.2 Å². The summed E-state index contributed by atoms with van der Waals surface area (Å²) in [4.78, 5) is 31.1. The molecular weight excluding hydrogens is 460 g/mol. The van der Waals surface area contributed by atoms with Crippen LogP contribution in [0.4, 0.5) is 0 Å². The Hall–Kier alpha value is -3.58. The van der Waals surface area contributed by atoms with E-state index in [4.69, 9.17) is 9.47 Å². The number of carbonyl (C=O) groups excluding carboxylic acids is 2. The van der Waals surface area contributed by atoms with Gasteiger partial charge in [0, 0.05) is 23.5 Å². The highest BCUT2D eigenvalue weighted by Gasteiger charge is 2.22. The Morgan fingerprint density at radius 1 is 1.00 bits per heavy atom. The van der Waals surface area contributed by atoms with Gasteiger partial charge in [-0.2, -0.15) is 0 Å². The molecule has 184 valence electrons. The topological polar surface area (TPSA) is 59.1 Å². The molecule has 2 aromatic carbocycles. The number of ether oxygens (including phenoxy) is 2. The Morgan fingerprint density at radius 2 is 1.74 bits per heavy atom. The van der Waals surface area contributed by atoms with E-state index in [1.807, 2.05) is 53.6 Å². The van der Waals surface area contributed by atoms with Crippen molar-refractivity contribution in [3.63, 3.8) is 0 Å². The molecule has 1 aromatic heterocycles. The Labute approximate surface area is 211 Å². The van der Waals surface area contributed by atoms with Gasteiger partial charge in [0.05, 0.1) is 20.8 Å². The summed E-state index contributed by atoms with van der Waals surface area (Å²) in [6.07, 6.45) is 2.29. The van der Waals surface area contributed by atoms with Gasteiger partial charge in [0.1, 0.15) is 6.54 Å². The molecule has 7 heteroatoms. The molecule has 3 aromatic rings. The summed E-state index contributed by atoms with van der Waals surface area (Å²) in [5.74, 6) is 1.02. The SMILES string of the molecule is C=CCN(CC(=O)N(CCc1ccc(OC)c(OC)c1)Cc1sccc1C)C(=O)c1ccccc1. The van der Waals surface area contributed by atoms with E-state index in [0.717, 1.165) is 16.0 Å². The van der Waals surface area contributed by atoms with Crippen LogP contribution in [0.5, 0.6) is 11.5 Å². The van der Waals surface area contributed by atoms with E-state index in [-0.39, 0.29) is 18.4 Å². The summed E-state index contributed by atoms with van der Waals surface area (Å²) in [5, 5.41) is 2.03. The Balaban J connectivity index is 1.78. The molecule has 0 saturated carbocycles. The number of hydrogen-bond acceptors (Lipinski definition) is 5. The molecule has 6 nitrogen and oxygen atoms in total. The third kappa shape index (κ3) is 6.96. The van der Waals surface area contributed by atoms with Crippen molar-refractivity contribution in [2.45, 2.75) is 19.9 Å². The molecular formula is C28H32N2O4S. The second-order valence-electron chi connectivity index (χ2n) is 8.12. The monoisotopic (exact) mass is 492 g/mol. The van der Waals surface area contributed by atoms with Crippen molar-refractivity contribution in [3.8, 4) is 11.5 Å². The minimum absolute atomic E-state index is 0.0178. The van der Waals surface area contributed by atoms with Crippen molar-refractivity contribution in [1.29, 1.82) is 0 Å². The molecule has 0 spiro atoms. The van der Waals surface area contributed by atoms with E-state index in [2.05, 4.69) is 12.6 Å². The average Bonchev–Trinajstić information content (AvgIpc) is 3.30. The fourth-order valence-corrected chi connectivity index (χ4v) is 4.65. The number of benzene rings is 2. The van der Waals surface area contributed by atoms with Crippen molar-refractivity contribution in [1.82, 2.24) is 9.80 Å². The summed E-state index contributed by atoms with van der Waals surface area (Å²) in [6.45, 7) is 7.09. The van der Waals surface area contributed by atoms with Crippen molar-refractivity contribution < 1.29 is 19.1 Å². The lowest BCUT2D eigenvalue weighted by molar-refractivity contribution is -0.132. The predicted molar refractivity (Wildman–Crippen MR) is 140 cm³/mol. The van der Waals surface area contributed by atoms with Crippen LogP contribution >= 0.6 is 11.3 Å². The highest BCUT2D eigenvalue weighted by molar-refractivity contribution is 7.10. The van der Waals surface area contributed by atoms with Crippen molar-refractivity contribution in [2.24, 2.45) is 0 Å². The van der Waals surface area contributed by atoms with Crippen LogP contribution in [0, 0.1) is 6.92 Å². The quantitative estimate of drug-likeness (QED) is 0.335. The highest BCUT2D eigenvalue weighted by Crippen LogP contribution is 2.28. The first kappa shape index (κ1) is 26.0. The second-order valence-corrected chi connectivity index (χ2v) is 9.12. The first-order valence-electron chi connectivity index (χ1n) is 11.4. The van der Waals surface area contributed by atoms with Gasteiger partial charge >= 0.3 is 0 Å². The van der Waals surface area contributed by atoms with Crippen LogP contribution in [0.15, 0.2) is 72.6 Å². The molecule has 0 unspecified atom stereocenters. The first-order valence-corrected chi connectivity index (χ1v) is 12.3. The predicted octanol–water partition coefficient (Wildman–Crippen LogP) is 4.97. The number of hydrogen-bond donors (Lipinski definition) is 0. The van der Waals surface area contributed by atoms with E-state index in [0.29, 0.717) is 43.1 Å². The molecule has 0 radical (unpaired) electrons. The number of methoxy groups -OCH3 is 2. The van der Waals surface area contributed by atoms with Crippen LogP contribution in [-0.2, 0) is 17.8 Å². The molecule has 0 aliphatic carbocycles. The van der Waals surface area contributed by atoms with Crippen molar-refractivity contribution in [2.75, 3.05) is 33.9 Å². The molecule has 0 bridgehead atoms. The average molecular weight is 493 g/mol. The number of aryl methyl sites for hydroxylation is 1. The molecule has 0 N–H and O–H groups in total. The summed E-state index contributed by atoms with van der Waals surface area (Å²) in [7, 11) is 3.21. The minimum atomic E-state index is -0.189. The lowest BCUT2D eigenvalue weighted by atomic mass is 10.1. The van der Waals surface area contributed by atoms with E-state index in [9.17, 15) is 9.59 Å². The van der Waals surface area contributed by atoms with E-state index in [1.54, 1.807) is 43.8 Å². The third-order valence-electron chi connectivity index (χ3n) is 5.76. The normalized spacial score (nSPS) is 10.5. The fraction of sp³-hybridized carbons (Fsp3) is 0.286. The van der Waals surface area contributed by atoms with Crippen molar-refractivity contribution in [3.05, 3.63) is 94.2 Å². The smallest absolute Gasteiger partial charge is 0.254 e. The maximum Gasteiger partial charge on any atom is 0.254 e.